The maximum Gasteiger partial charge on any atom is 0.392 e. The summed E-state index contributed by atoms with van der Waals surface area (Å²) in [6, 6.07) is 3.38. The highest BCUT2D eigenvalue weighted by Crippen LogP contribution is 2.22. The molecule has 8 nitrogen and oxygen atoms in total. The van der Waals surface area contributed by atoms with Crippen molar-refractivity contribution in [3.8, 4) is 5.75 Å². The Morgan fingerprint density at radius 3 is 2.83 bits per heavy atom. The van der Waals surface area contributed by atoms with Crippen molar-refractivity contribution in [2.45, 2.75) is 26.1 Å². The molecule has 3 rings (SSSR count). The van der Waals surface area contributed by atoms with Crippen molar-refractivity contribution < 1.29 is 27.8 Å². The second-order valence-corrected chi connectivity index (χ2v) is 6.55. The molecule has 0 bridgehead atoms. The van der Waals surface area contributed by atoms with Gasteiger partial charge in [-0.1, -0.05) is 0 Å². The second-order valence-electron chi connectivity index (χ2n) is 6.55. The molecule has 0 saturated heterocycles. The van der Waals surface area contributed by atoms with E-state index in [1.807, 2.05) is 0 Å². The Hall–Kier alpha value is -3.21. The van der Waals surface area contributed by atoms with Crippen LogP contribution in [-0.4, -0.2) is 56.7 Å². The Morgan fingerprint density at radius 1 is 1.33 bits per heavy atom. The van der Waals surface area contributed by atoms with Crippen molar-refractivity contribution in [3.05, 3.63) is 47.7 Å². The topological polar surface area (TPSA) is 102 Å². The average Bonchev–Trinajstić information content (AvgIpc) is 3.09. The largest absolute Gasteiger partial charge is 0.491 e. The number of rotatable bonds is 8. The van der Waals surface area contributed by atoms with Crippen molar-refractivity contribution in [2.75, 3.05) is 19.8 Å². The van der Waals surface area contributed by atoms with Gasteiger partial charge in [0.1, 0.15) is 11.4 Å². The number of pyridine rings is 2. The summed E-state index contributed by atoms with van der Waals surface area (Å²) in [5.41, 5.74) is 2.06. The van der Waals surface area contributed by atoms with Gasteiger partial charge in [0.05, 0.1) is 49.0 Å². The number of nitrogens with one attached hydrogen (secondary N) is 1. The highest BCUT2D eigenvalue weighted by molar-refractivity contribution is 6.04. The first-order chi connectivity index (χ1) is 14.3. The van der Waals surface area contributed by atoms with Gasteiger partial charge in [-0.2, -0.15) is 18.3 Å². The minimum atomic E-state index is -4.27. The maximum absolute atomic E-state index is 12.2. The molecule has 0 spiro atoms. The summed E-state index contributed by atoms with van der Waals surface area (Å²) in [5.74, 6) is -0.121. The lowest BCUT2D eigenvalue weighted by Gasteiger charge is -2.11. The number of hydrogen-bond donors (Lipinski definition) is 2. The predicted octanol–water partition coefficient (Wildman–Crippen LogP) is 2.24. The lowest BCUT2D eigenvalue weighted by Crippen LogP contribution is -2.27. The van der Waals surface area contributed by atoms with Gasteiger partial charge in [-0.3, -0.25) is 19.4 Å². The first-order valence-corrected chi connectivity index (χ1v) is 9.13. The van der Waals surface area contributed by atoms with Crippen LogP contribution in [0.15, 0.2) is 30.7 Å². The molecule has 0 aliphatic rings. The van der Waals surface area contributed by atoms with Crippen LogP contribution in [0.25, 0.3) is 10.9 Å². The van der Waals surface area contributed by atoms with Crippen LogP contribution in [0.3, 0.4) is 0 Å². The summed E-state index contributed by atoms with van der Waals surface area (Å²) < 4.78 is 43.5. The standard InChI is InChI=1S/C19H20F3N5O3/c1-12-8-13(25-9-16(12)30-7-3-19(20,21)22)10-27-11-14-15(26-27)2-4-23-17(14)18(29)24-5-6-28/h2,4,8-9,11,28H,3,5-7,10H2,1H3,(H,24,29). The number of nitrogens with zero attached hydrogens (tertiary/aromatic N) is 4. The van der Waals surface area contributed by atoms with E-state index in [1.54, 1.807) is 29.9 Å². The van der Waals surface area contributed by atoms with Gasteiger partial charge in [-0.15, -0.1) is 0 Å². The third-order valence-electron chi connectivity index (χ3n) is 4.18. The third kappa shape index (κ3) is 5.44. The number of hydrogen-bond acceptors (Lipinski definition) is 6. The molecule has 30 heavy (non-hydrogen) atoms. The SMILES string of the molecule is Cc1cc(Cn2cc3c(C(=O)NCCO)nccc3n2)ncc1OCCC(F)(F)F. The van der Waals surface area contributed by atoms with E-state index in [0.29, 0.717) is 27.9 Å². The van der Waals surface area contributed by atoms with Gasteiger partial charge in [0.25, 0.3) is 5.91 Å². The summed E-state index contributed by atoms with van der Waals surface area (Å²) in [5, 5.41) is 16.4. The molecule has 2 N–H and O–H groups in total. The Bertz CT molecular complexity index is 1040. The van der Waals surface area contributed by atoms with E-state index >= 15 is 0 Å². The minimum Gasteiger partial charge on any atom is -0.491 e. The highest BCUT2D eigenvalue weighted by Gasteiger charge is 2.27. The smallest absolute Gasteiger partial charge is 0.392 e. The number of ether oxygens (including phenoxy) is 1. The first-order valence-electron chi connectivity index (χ1n) is 9.13. The van der Waals surface area contributed by atoms with Crippen LogP contribution in [0.5, 0.6) is 5.75 Å². The van der Waals surface area contributed by atoms with Gasteiger partial charge in [0, 0.05) is 18.9 Å². The maximum atomic E-state index is 12.2. The van der Waals surface area contributed by atoms with Crippen LogP contribution < -0.4 is 10.1 Å². The van der Waals surface area contributed by atoms with Gasteiger partial charge >= 0.3 is 6.18 Å². The molecule has 3 heterocycles. The van der Waals surface area contributed by atoms with E-state index < -0.39 is 25.1 Å². The Labute approximate surface area is 169 Å². The van der Waals surface area contributed by atoms with Gasteiger partial charge in [0.15, 0.2) is 0 Å². The molecule has 1 amide bonds. The number of alkyl halides is 3. The van der Waals surface area contributed by atoms with Crippen LogP contribution in [0.4, 0.5) is 13.2 Å². The normalized spacial score (nSPS) is 11.6. The number of aliphatic hydroxyl groups is 1. The van der Waals surface area contributed by atoms with Crippen LogP contribution in [0, 0.1) is 6.92 Å². The molecule has 0 aromatic carbocycles. The van der Waals surface area contributed by atoms with Crippen LogP contribution in [-0.2, 0) is 6.54 Å². The molecule has 160 valence electrons. The predicted molar refractivity (Wildman–Crippen MR) is 101 cm³/mol. The number of aromatic nitrogens is 4. The quantitative estimate of drug-likeness (QED) is 0.576. The van der Waals surface area contributed by atoms with E-state index in [-0.39, 0.29) is 25.4 Å². The monoisotopic (exact) mass is 423 g/mol. The van der Waals surface area contributed by atoms with Crippen LogP contribution in [0.2, 0.25) is 0 Å². The lowest BCUT2D eigenvalue weighted by molar-refractivity contribution is -0.139. The number of carbonyl (C=O) groups excluding carboxylic acids is 1. The molecule has 0 aliphatic carbocycles. The van der Waals surface area contributed by atoms with Crippen LogP contribution >= 0.6 is 0 Å². The molecule has 11 heteroatoms. The van der Waals surface area contributed by atoms with Crippen molar-refractivity contribution >= 4 is 16.8 Å². The van der Waals surface area contributed by atoms with E-state index in [1.165, 1.54) is 12.4 Å². The summed E-state index contributed by atoms with van der Waals surface area (Å²) in [6.07, 6.45) is -0.772. The molecular weight excluding hydrogens is 403 g/mol. The molecule has 0 unspecified atom stereocenters. The number of fused-ring (bicyclic) bond motifs is 1. The fourth-order valence-electron chi connectivity index (χ4n) is 2.79. The summed E-state index contributed by atoms with van der Waals surface area (Å²) >= 11 is 0. The Balaban J connectivity index is 1.73. The van der Waals surface area contributed by atoms with E-state index in [0.717, 1.165) is 0 Å². The molecular formula is C19H20F3N5O3. The average molecular weight is 423 g/mol. The molecule has 0 radical (unpaired) electrons. The first kappa shape index (κ1) is 21.5. The summed E-state index contributed by atoms with van der Waals surface area (Å²) in [4.78, 5) is 20.5. The lowest BCUT2D eigenvalue weighted by atomic mass is 10.2. The van der Waals surface area contributed by atoms with Gasteiger partial charge < -0.3 is 15.2 Å². The Morgan fingerprint density at radius 2 is 2.13 bits per heavy atom. The summed E-state index contributed by atoms with van der Waals surface area (Å²) in [6.45, 7) is 1.48. The molecule has 0 saturated carbocycles. The van der Waals surface area contributed by atoms with Crippen molar-refractivity contribution in [3.63, 3.8) is 0 Å². The number of carbonyl (C=O) groups is 1. The van der Waals surface area contributed by atoms with Gasteiger partial charge in [-0.25, -0.2) is 0 Å². The number of amides is 1. The zero-order valence-corrected chi connectivity index (χ0v) is 16.1. The zero-order valence-electron chi connectivity index (χ0n) is 16.1. The van der Waals surface area contributed by atoms with Crippen molar-refractivity contribution in [1.29, 1.82) is 0 Å². The fourth-order valence-corrected chi connectivity index (χ4v) is 2.79. The number of aliphatic hydroxyl groups excluding tert-OH is 1. The molecule has 0 fully saturated rings. The molecule has 0 atom stereocenters. The van der Waals surface area contributed by atoms with E-state index in [9.17, 15) is 18.0 Å². The molecule has 3 aromatic rings. The van der Waals surface area contributed by atoms with Crippen molar-refractivity contribution in [1.82, 2.24) is 25.1 Å². The minimum absolute atomic E-state index is 0.117. The molecule has 3 aromatic heterocycles. The van der Waals surface area contributed by atoms with Crippen LogP contribution in [0.1, 0.15) is 28.2 Å². The molecule has 0 aliphatic heterocycles. The number of halogens is 3. The highest BCUT2D eigenvalue weighted by atomic mass is 19.4. The van der Waals surface area contributed by atoms with E-state index in [2.05, 4.69) is 20.4 Å². The number of aryl methyl sites for hydroxylation is 1. The summed E-state index contributed by atoms with van der Waals surface area (Å²) in [7, 11) is 0. The Kier molecular flexibility index (Phi) is 6.50. The fraction of sp³-hybridized carbons (Fsp3) is 0.368. The van der Waals surface area contributed by atoms with Gasteiger partial charge in [-0.05, 0) is 24.6 Å². The zero-order chi connectivity index (χ0) is 21.7. The van der Waals surface area contributed by atoms with E-state index in [4.69, 9.17) is 9.84 Å². The second kappa shape index (κ2) is 9.08. The third-order valence-corrected chi connectivity index (χ3v) is 4.18. The van der Waals surface area contributed by atoms with Gasteiger partial charge in [0.2, 0.25) is 0 Å². The van der Waals surface area contributed by atoms with Crippen molar-refractivity contribution in [2.24, 2.45) is 0 Å².